The van der Waals surface area contributed by atoms with E-state index in [1.807, 2.05) is 0 Å². The molecule has 14 heavy (non-hydrogen) atoms. The second kappa shape index (κ2) is 10.8. The van der Waals surface area contributed by atoms with Crippen LogP contribution in [0.1, 0.15) is 52.9 Å². The van der Waals surface area contributed by atoms with Gasteiger partial charge in [-0.05, 0) is 32.9 Å². The number of rotatable bonds is 9. The van der Waals surface area contributed by atoms with Gasteiger partial charge in [0.25, 0.3) is 0 Å². The Bertz CT molecular complexity index is 129. The average Bonchev–Trinajstić information content (AvgIpc) is 2.20. The second-order valence-electron chi connectivity index (χ2n) is 3.93. The van der Waals surface area contributed by atoms with Crippen molar-refractivity contribution in [2.24, 2.45) is 0 Å². The molecule has 1 nitrogen and oxygen atoms in total. The Hall–Kier alpha value is -0.300. The Morgan fingerprint density at radius 2 is 1.71 bits per heavy atom. The molecule has 0 rings (SSSR count). The smallest absolute Gasteiger partial charge is 0.0163 e. The molecular weight excluding hydrogens is 170 g/mol. The van der Waals surface area contributed by atoms with Crippen molar-refractivity contribution in [2.75, 3.05) is 19.6 Å². The lowest BCUT2D eigenvalue weighted by Gasteiger charge is -2.19. The monoisotopic (exact) mass is 197 g/mol. The minimum absolute atomic E-state index is 1.14. The Morgan fingerprint density at radius 3 is 2.29 bits per heavy atom. The third kappa shape index (κ3) is 8.31. The lowest BCUT2D eigenvalue weighted by molar-refractivity contribution is 0.295. The minimum Gasteiger partial charge on any atom is -0.300 e. The van der Waals surface area contributed by atoms with Gasteiger partial charge in [0, 0.05) is 6.54 Å². The van der Waals surface area contributed by atoms with Crippen molar-refractivity contribution in [2.45, 2.75) is 52.9 Å². The zero-order valence-corrected chi connectivity index (χ0v) is 10.3. The molecule has 0 bridgehead atoms. The van der Waals surface area contributed by atoms with Gasteiger partial charge in [-0.3, -0.25) is 4.90 Å². The van der Waals surface area contributed by atoms with Crippen LogP contribution < -0.4 is 0 Å². The van der Waals surface area contributed by atoms with Crippen molar-refractivity contribution in [1.82, 2.24) is 4.90 Å². The van der Waals surface area contributed by atoms with Crippen molar-refractivity contribution < 1.29 is 0 Å². The molecule has 0 fully saturated rings. The predicted octanol–water partition coefficient (Wildman–Crippen LogP) is 3.85. The topological polar surface area (TPSA) is 3.24 Å². The molecule has 0 aliphatic carbocycles. The quantitative estimate of drug-likeness (QED) is 0.401. The van der Waals surface area contributed by atoms with Crippen molar-refractivity contribution in [3.05, 3.63) is 12.2 Å². The van der Waals surface area contributed by atoms with E-state index in [1.165, 1.54) is 45.2 Å². The van der Waals surface area contributed by atoms with Gasteiger partial charge in [0.2, 0.25) is 0 Å². The summed E-state index contributed by atoms with van der Waals surface area (Å²) in [5, 5.41) is 0. The fourth-order valence-corrected chi connectivity index (χ4v) is 1.63. The summed E-state index contributed by atoms with van der Waals surface area (Å²) < 4.78 is 0. The summed E-state index contributed by atoms with van der Waals surface area (Å²) in [7, 11) is 0. The highest BCUT2D eigenvalue weighted by atomic mass is 15.1. The van der Waals surface area contributed by atoms with E-state index < -0.39 is 0 Å². The SMILES string of the molecule is CC=CCN(CCC)CCCCCC. The lowest BCUT2D eigenvalue weighted by Crippen LogP contribution is -2.25. The summed E-state index contributed by atoms with van der Waals surface area (Å²) in [6, 6.07) is 0. The molecule has 0 spiro atoms. The molecule has 0 aromatic rings. The van der Waals surface area contributed by atoms with Gasteiger partial charge in [-0.15, -0.1) is 0 Å². The largest absolute Gasteiger partial charge is 0.300 e. The summed E-state index contributed by atoms with van der Waals surface area (Å²) in [5.74, 6) is 0. The molecule has 84 valence electrons. The maximum Gasteiger partial charge on any atom is 0.0163 e. The van der Waals surface area contributed by atoms with Crippen molar-refractivity contribution in [3.63, 3.8) is 0 Å². The van der Waals surface area contributed by atoms with Crippen molar-refractivity contribution >= 4 is 0 Å². The molecule has 0 unspecified atom stereocenters. The van der Waals surface area contributed by atoms with Gasteiger partial charge in [-0.25, -0.2) is 0 Å². The number of hydrogen-bond acceptors (Lipinski definition) is 1. The fourth-order valence-electron chi connectivity index (χ4n) is 1.63. The highest BCUT2D eigenvalue weighted by Crippen LogP contribution is 2.02. The molecule has 0 saturated heterocycles. The van der Waals surface area contributed by atoms with Gasteiger partial charge in [0.05, 0.1) is 0 Å². The van der Waals surface area contributed by atoms with Gasteiger partial charge in [-0.2, -0.15) is 0 Å². The number of nitrogens with zero attached hydrogens (tertiary/aromatic N) is 1. The Balaban J connectivity index is 3.50. The molecule has 0 saturated carbocycles. The van der Waals surface area contributed by atoms with E-state index in [0.29, 0.717) is 0 Å². The summed E-state index contributed by atoms with van der Waals surface area (Å²) in [4.78, 5) is 2.55. The minimum atomic E-state index is 1.14. The van der Waals surface area contributed by atoms with Crippen LogP contribution in [0.3, 0.4) is 0 Å². The molecule has 0 radical (unpaired) electrons. The standard InChI is InChI=1S/C13H27N/c1-4-7-9-10-13-14(11-6-3)12-8-5-2/h5,8H,4,6-7,9-13H2,1-3H3. The van der Waals surface area contributed by atoms with E-state index in [1.54, 1.807) is 0 Å². The van der Waals surface area contributed by atoms with Crippen LogP contribution in [0.2, 0.25) is 0 Å². The Kier molecular flexibility index (Phi) is 10.5. The van der Waals surface area contributed by atoms with Crippen LogP contribution in [0.4, 0.5) is 0 Å². The van der Waals surface area contributed by atoms with Gasteiger partial charge in [0.1, 0.15) is 0 Å². The van der Waals surface area contributed by atoms with Crippen molar-refractivity contribution in [1.29, 1.82) is 0 Å². The van der Waals surface area contributed by atoms with Crippen LogP contribution in [0, 0.1) is 0 Å². The first-order chi connectivity index (χ1) is 6.85. The normalized spacial score (nSPS) is 11.7. The third-order valence-corrected chi connectivity index (χ3v) is 2.47. The van der Waals surface area contributed by atoms with E-state index in [2.05, 4.69) is 37.8 Å². The van der Waals surface area contributed by atoms with Crippen molar-refractivity contribution in [3.8, 4) is 0 Å². The zero-order chi connectivity index (χ0) is 10.6. The van der Waals surface area contributed by atoms with Crippen LogP contribution in [0.5, 0.6) is 0 Å². The van der Waals surface area contributed by atoms with E-state index in [9.17, 15) is 0 Å². The third-order valence-electron chi connectivity index (χ3n) is 2.47. The zero-order valence-electron chi connectivity index (χ0n) is 10.3. The molecule has 0 aromatic heterocycles. The summed E-state index contributed by atoms with van der Waals surface area (Å²) in [6.45, 7) is 10.3. The lowest BCUT2D eigenvalue weighted by atomic mass is 10.2. The molecule has 0 aromatic carbocycles. The van der Waals surface area contributed by atoms with Crippen LogP contribution in [0.25, 0.3) is 0 Å². The first-order valence-corrected chi connectivity index (χ1v) is 6.18. The maximum absolute atomic E-state index is 2.55. The molecule has 0 aliphatic rings. The maximum atomic E-state index is 2.55. The summed E-state index contributed by atoms with van der Waals surface area (Å²) >= 11 is 0. The molecule has 0 heterocycles. The molecule has 0 N–H and O–H groups in total. The fraction of sp³-hybridized carbons (Fsp3) is 0.846. The Labute approximate surface area is 90.2 Å². The first-order valence-electron chi connectivity index (χ1n) is 6.18. The Morgan fingerprint density at radius 1 is 0.929 bits per heavy atom. The predicted molar refractivity (Wildman–Crippen MR) is 65.7 cm³/mol. The van der Waals surface area contributed by atoms with E-state index in [0.717, 1.165) is 6.54 Å². The molecule has 0 amide bonds. The van der Waals surface area contributed by atoms with Crippen LogP contribution in [0.15, 0.2) is 12.2 Å². The van der Waals surface area contributed by atoms with E-state index in [-0.39, 0.29) is 0 Å². The van der Waals surface area contributed by atoms with Gasteiger partial charge < -0.3 is 0 Å². The van der Waals surface area contributed by atoms with Crippen LogP contribution in [-0.4, -0.2) is 24.5 Å². The number of hydrogen-bond donors (Lipinski definition) is 0. The highest BCUT2D eigenvalue weighted by molar-refractivity contribution is 4.80. The first kappa shape index (κ1) is 13.7. The van der Waals surface area contributed by atoms with Gasteiger partial charge in [0.15, 0.2) is 0 Å². The number of allylic oxidation sites excluding steroid dienone is 1. The van der Waals surface area contributed by atoms with Crippen LogP contribution >= 0.6 is 0 Å². The molecule has 1 heteroatoms. The van der Waals surface area contributed by atoms with Crippen LogP contribution in [-0.2, 0) is 0 Å². The molecular formula is C13H27N. The van der Waals surface area contributed by atoms with Gasteiger partial charge >= 0.3 is 0 Å². The van der Waals surface area contributed by atoms with E-state index in [4.69, 9.17) is 0 Å². The second-order valence-corrected chi connectivity index (χ2v) is 3.93. The highest BCUT2D eigenvalue weighted by Gasteiger charge is 2.00. The molecule has 0 atom stereocenters. The van der Waals surface area contributed by atoms with Gasteiger partial charge in [-0.1, -0.05) is 45.3 Å². The van der Waals surface area contributed by atoms with E-state index >= 15 is 0 Å². The number of unbranched alkanes of at least 4 members (excludes halogenated alkanes) is 3. The summed E-state index contributed by atoms with van der Waals surface area (Å²) in [5.41, 5.74) is 0. The summed E-state index contributed by atoms with van der Waals surface area (Å²) in [6.07, 6.45) is 11.2. The average molecular weight is 197 g/mol. The molecule has 0 aliphatic heterocycles.